The van der Waals surface area contributed by atoms with Crippen LogP contribution in [-0.2, 0) is 4.79 Å². The second-order valence-corrected chi connectivity index (χ2v) is 6.00. The van der Waals surface area contributed by atoms with Gasteiger partial charge in [0.2, 0.25) is 5.91 Å². The molecule has 0 unspecified atom stereocenters. The fourth-order valence-electron chi connectivity index (χ4n) is 2.45. The van der Waals surface area contributed by atoms with Crippen LogP contribution in [0.25, 0.3) is 0 Å². The Balaban J connectivity index is 1.80. The fourth-order valence-corrected chi connectivity index (χ4v) is 2.94. The van der Waals surface area contributed by atoms with Gasteiger partial charge in [-0.1, -0.05) is 29.3 Å². The average Bonchev–Trinajstić information content (AvgIpc) is 2.93. The maximum atomic E-state index is 12.2. The number of carbonyl (C=O) groups excluding carboxylic acids is 2. The summed E-state index contributed by atoms with van der Waals surface area (Å²) < 4.78 is 5.35. The Morgan fingerprint density at radius 1 is 1.13 bits per heavy atom. The van der Waals surface area contributed by atoms with Crippen molar-refractivity contribution in [3.8, 4) is 5.75 Å². The molecular weight excluding hydrogens is 337 g/mol. The van der Waals surface area contributed by atoms with Gasteiger partial charge >= 0.3 is 5.97 Å². The van der Waals surface area contributed by atoms with Crippen molar-refractivity contribution in [2.45, 2.75) is 12.8 Å². The Hall–Kier alpha value is -2.04. The van der Waals surface area contributed by atoms with Crippen molar-refractivity contribution in [3.05, 3.63) is 58.1 Å². The van der Waals surface area contributed by atoms with Crippen LogP contribution in [0.1, 0.15) is 23.2 Å². The number of ether oxygens (including phenoxy) is 1. The second-order valence-electron chi connectivity index (χ2n) is 5.16. The maximum absolute atomic E-state index is 12.2. The zero-order chi connectivity index (χ0) is 16.4. The standard InChI is InChI=1S/C17H13Cl2NO3/c18-11-6-7-14(15(19)9-11)17(22)23-13-4-1-3-12(10-13)20-8-2-5-16(20)21/h1,3-4,6-7,9-10H,2,5,8H2. The molecule has 1 saturated heterocycles. The molecule has 23 heavy (non-hydrogen) atoms. The lowest BCUT2D eigenvalue weighted by Crippen LogP contribution is -2.23. The third-order valence-electron chi connectivity index (χ3n) is 3.56. The highest BCUT2D eigenvalue weighted by Crippen LogP contribution is 2.27. The summed E-state index contributed by atoms with van der Waals surface area (Å²) >= 11 is 11.8. The van der Waals surface area contributed by atoms with E-state index in [1.807, 2.05) is 6.07 Å². The lowest BCUT2D eigenvalue weighted by atomic mass is 10.2. The molecule has 0 saturated carbocycles. The quantitative estimate of drug-likeness (QED) is 0.611. The van der Waals surface area contributed by atoms with Gasteiger partial charge in [-0.15, -0.1) is 0 Å². The van der Waals surface area contributed by atoms with E-state index >= 15 is 0 Å². The minimum atomic E-state index is -0.573. The molecule has 1 heterocycles. The molecule has 0 bridgehead atoms. The summed E-state index contributed by atoms with van der Waals surface area (Å²) in [7, 11) is 0. The van der Waals surface area contributed by atoms with Crippen LogP contribution in [0.5, 0.6) is 5.75 Å². The van der Waals surface area contributed by atoms with Gasteiger partial charge in [-0.25, -0.2) is 4.79 Å². The third kappa shape index (κ3) is 3.49. The Morgan fingerprint density at radius 3 is 2.65 bits per heavy atom. The number of amides is 1. The molecule has 6 heteroatoms. The summed E-state index contributed by atoms with van der Waals surface area (Å²) in [6.07, 6.45) is 1.38. The Bertz CT molecular complexity index is 776. The van der Waals surface area contributed by atoms with Crippen molar-refractivity contribution in [1.29, 1.82) is 0 Å². The minimum Gasteiger partial charge on any atom is -0.423 e. The Morgan fingerprint density at radius 2 is 1.96 bits per heavy atom. The van der Waals surface area contributed by atoms with Crippen LogP contribution in [0.2, 0.25) is 10.0 Å². The Labute approximate surface area is 143 Å². The fraction of sp³-hybridized carbons (Fsp3) is 0.176. The number of halogens is 2. The number of nitrogens with zero attached hydrogens (tertiary/aromatic N) is 1. The molecule has 0 aromatic heterocycles. The van der Waals surface area contributed by atoms with E-state index in [-0.39, 0.29) is 16.5 Å². The summed E-state index contributed by atoms with van der Waals surface area (Å²) in [6, 6.07) is 11.5. The smallest absolute Gasteiger partial charge is 0.345 e. The molecule has 0 N–H and O–H groups in total. The first-order valence-corrected chi connectivity index (χ1v) is 7.88. The molecule has 0 spiro atoms. The van der Waals surface area contributed by atoms with Crippen molar-refractivity contribution in [1.82, 2.24) is 0 Å². The summed E-state index contributed by atoms with van der Waals surface area (Å²) in [6.45, 7) is 0.680. The predicted molar refractivity (Wildman–Crippen MR) is 89.4 cm³/mol. The third-order valence-corrected chi connectivity index (χ3v) is 4.11. The molecule has 2 aromatic carbocycles. The van der Waals surface area contributed by atoms with Gasteiger partial charge in [0.25, 0.3) is 0 Å². The number of hydrogen-bond donors (Lipinski definition) is 0. The second kappa shape index (κ2) is 6.60. The molecule has 0 aliphatic carbocycles. The van der Waals surface area contributed by atoms with E-state index in [2.05, 4.69) is 0 Å². The van der Waals surface area contributed by atoms with Crippen LogP contribution in [0.3, 0.4) is 0 Å². The molecule has 2 aromatic rings. The van der Waals surface area contributed by atoms with Crippen molar-refractivity contribution in [2.75, 3.05) is 11.4 Å². The van der Waals surface area contributed by atoms with E-state index in [9.17, 15) is 9.59 Å². The molecule has 0 radical (unpaired) electrons. The molecule has 1 aliphatic heterocycles. The van der Waals surface area contributed by atoms with Gasteiger partial charge in [-0.2, -0.15) is 0 Å². The first-order valence-electron chi connectivity index (χ1n) is 7.12. The van der Waals surface area contributed by atoms with Crippen LogP contribution >= 0.6 is 23.2 Å². The maximum Gasteiger partial charge on any atom is 0.345 e. The normalized spacial score (nSPS) is 14.2. The number of esters is 1. The van der Waals surface area contributed by atoms with E-state index < -0.39 is 5.97 Å². The number of carbonyl (C=O) groups is 2. The summed E-state index contributed by atoms with van der Waals surface area (Å²) in [5, 5.41) is 0.675. The number of hydrogen-bond acceptors (Lipinski definition) is 3. The lowest BCUT2D eigenvalue weighted by molar-refractivity contribution is -0.117. The molecule has 1 fully saturated rings. The highest BCUT2D eigenvalue weighted by molar-refractivity contribution is 6.36. The summed E-state index contributed by atoms with van der Waals surface area (Å²) in [5.41, 5.74) is 0.957. The van der Waals surface area contributed by atoms with Crippen LogP contribution in [-0.4, -0.2) is 18.4 Å². The van der Waals surface area contributed by atoms with E-state index in [1.54, 1.807) is 29.2 Å². The molecular formula is C17H13Cl2NO3. The highest BCUT2D eigenvalue weighted by atomic mass is 35.5. The monoisotopic (exact) mass is 349 g/mol. The molecule has 4 nitrogen and oxygen atoms in total. The zero-order valence-corrected chi connectivity index (χ0v) is 13.6. The van der Waals surface area contributed by atoms with E-state index in [1.165, 1.54) is 12.1 Å². The van der Waals surface area contributed by atoms with Gasteiger partial charge in [0.1, 0.15) is 5.75 Å². The van der Waals surface area contributed by atoms with Crippen LogP contribution in [0.4, 0.5) is 5.69 Å². The van der Waals surface area contributed by atoms with Gasteiger partial charge in [-0.3, -0.25) is 4.79 Å². The van der Waals surface area contributed by atoms with Crippen LogP contribution in [0, 0.1) is 0 Å². The van der Waals surface area contributed by atoms with Crippen molar-refractivity contribution < 1.29 is 14.3 Å². The van der Waals surface area contributed by atoms with Gasteiger partial charge in [0.15, 0.2) is 0 Å². The zero-order valence-electron chi connectivity index (χ0n) is 12.1. The number of rotatable bonds is 3. The van der Waals surface area contributed by atoms with Crippen LogP contribution in [0.15, 0.2) is 42.5 Å². The first-order chi connectivity index (χ1) is 11.0. The van der Waals surface area contributed by atoms with Gasteiger partial charge in [-0.05, 0) is 36.8 Å². The van der Waals surface area contributed by atoms with Gasteiger partial charge < -0.3 is 9.64 Å². The van der Waals surface area contributed by atoms with Crippen LogP contribution < -0.4 is 9.64 Å². The topological polar surface area (TPSA) is 46.6 Å². The van der Waals surface area contributed by atoms with Gasteiger partial charge in [0, 0.05) is 29.7 Å². The van der Waals surface area contributed by atoms with Gasteiger partial charge in [0.05, 0.1) is 10.6 Å². The molecule has 1 aliphatic rings. The Kier molecular flexibility index (Phi) is 4.55. The average molecular weight is 350 g/mol. The SMILES string of the molecule is O=C(Oc1cccc(N2CCCC2=O)c1)c1ccc(Cl)cc1Cl. The van der Waals surface area contributed by atoms with E-state index in [0.29, 0.717) is 23.7 Å². The van der Waals surface area contributed by atoms with Crippen molar-refractivity contribution >= 4 is 40.8 Å². The number of benzene rings is 2. The highest BCUT2D eigenvalue weighted by Gasteiger charge is 2.22. The van der Waals surface area contributed by atoms with E-state index in [4.69, 9.17) is 27.9 Å². The molecule has 1 amide bonds. The largest absolute Gasteiger partial charge is 0.423 e. The van der Waals surface area contributed by atoms with Crippen molar-refractivity contribution in [3.63, 3.8) is 0 Å². The molecule has 0 atom stereocenters. The molecule has 118 valence electrons. The summed E-state index contributed by atoms with van der Waals surface area (Å²) in [5.74, 6) is -0.135. The number of anilines is 1. The lowest BCUT2D eigenvalue weighted by Gasteiger charge is -2.16. The minimum absolute atomic E-state index is 0.0780. The molecule has 3 rings (SSSR count). The van der Waals surface area contributed by atoms with Crippen molar-refractivity contribution in [2.24, 2.45) is 0 Å². The first kappa shape index (κ1) is 15.8. The van der Waals surface area contributed by atoms with E-state index in [0.717, 1.165) is 12.1 Å². The predicted octanol–water partition coefficient (Wildman–Crippen LogP) is 4.34. The summed E-state index contributed by atoms with van der Waals surface area (Å²) in [4.78, 5) is 25.7.